The van der Waals surface area contributed by atoms with Gasteiger partial charge in [0, 0.05) is 6.54 Å². The number of hydrogen-bond donors (Lipinski definition) is 1. The fourth-order valence-electron chi connectivity index (χ4n) is 2.68. The van der Waals surface area contributed by atoms with Crippen LogP contribution in [0.3, 0.4) is 0 Å². The molecule has 0 spiro atoms. The fourth-order valence-corrected chi connectivity index (χ4v) is 2.68. The maximum absolute atomic E-state index is 6.01. The summed E-state index contributed by atoms with van der Waals surface area (Å²) in [6.45, 7) is 2.68. The highest BCUT2D eigenvalue weighted by atomic mass is 16.5. The molecule has 3 heteroatoms. The first-order valence-corrected chi connectivity index (χ1v) is 7.41. The molecule has 1 atom stereocenters. The van der Waals surface area contributed by atoms with E-state index in [1.807, 2.05) is 12.1 Å². The molecular weight excluding hydrogens is 262 g/mol. The van der Waals surface area contributed by atoms with Crippen LogP contribution in [0.1, 0.15) is 12.0 Å². The third-order valence-electron chi connectivity index (χ3n) is 3.91. The zero-order valence-electron chi connectivity index (χ0n) is 12.3. The van der Waals surface area contributed by atoms with Crippen molar-refractivity contribution in [3.05, 3.63) is 54.1 Å². The van der Waals surface area contributed by atoms with Crippen LogP contribution >= 0.6 is 0 Å². The minimum absolute atomic E-state index is 0.342. The smallest absolute Gasteiger partial charge is 0.118 e. The van der Waals surface area contributed by atoms with Crippen LogP contribution in [-0.2, 0) is 11.3 Å². The van der Waals surface area contributed by atoms with E-state index in [0.717, 1.165) is 25.3 Å². The molecule has 21 heavy (non-hydrogen) atoms. The summed E-state index contributed by atoms with van der Waals surface area (Å²) in [7, 11) is 1.69. The van der Waals surface area contributed by atoms with E-state index in [1.54, 1.807) is 7.11 Å². The summed E-state index contributed by atoms with van der Waals surface area (Å²) in [5.74, 6) is 0.879. The van der Waals surface area contributed by atoms with Crippen LogP contribution in [0.5, 0.6) is 5.75 Å². The number of nitrogens with one attached hydrogen (secondary N) is 1. The van der Waals surface area contributed by atoms with E-state index in [0.29, 0.717) is 12.7 Å². The lowest BCUT2D eigenvalue weighted by Crippen LogP contribution is -2.16. The SMILES string of the molecule is COc1ccc(-c2ccccc2CO[C@H]2CCNC2)cc1. The van der Waals surface area contributed by atoms with Crippen LogP contribution in [0.2, 0.25) is 0 Å². The van der Waals surface area contributed by atoms with E-state index in [9.17, 15) is 0 Å². The maximum atomic E-state index is 6.01. The molecule has 2 aromatic rings. The lowest BCUT2D eigenvalue weighted by molar-refractivity contribution is 0.0545. The molecule has 0 aromatic heterocycles. The Bertz CT molecular complexity index is 574. The minimum Gasteiger partial charge on any atom is -0.497 e. The maximum Gasteiger partial charge on any atom is 0.118 e. The largest absolute Gasteiger partial charge is 0.497 e. The molecule has 1 aliphatic heterocycles. The van der Waals surface area contributed by atoms with Crippen molar-refractivity contribution >= 4 is 0 Å². The second-order valence-electron chi connectivity index (χ2n) is 5.31. The van der Waals surface area contributed by atoms with Crippen molar-refractivity contribution in [2.45, 2.75) is 19.1 Å². The topological polar surface area (TPSA) is 30.5 Å². The van der Waals surface area contributed by atoms with E-state index in [4.69, 9.17) is 9.47 Å². The Kier molecular flexibility index (Phi) is 4.53. The summed E-state index contributed by atoms with van der Waals surface area (Å²) in [5.41, 5.74) is 3.65. The summed E-state index contributed by atoms with van der Waals surface area (Å²) in [6, 6.07) is 16.6. The van der Waals surface area contributed by atoms with Gasteiger partial charge in [0.2, 0.25) is 0 Å². The molecule has 0 aliphatic carbocycles. The van der Waals surface area contributed by atoms with E-state index >= 15 is 0 Å². The molecule has 1 N–H and O–H groups in total. The van der Waals surface area contributed by atoms with E-state index in [1.165, 1.54) is 16.7 Å². The predicted octanol–water partition coefficient (Wildman–Crippen LogP) is 3.24. The first-order valence-electron chi connectivity index (χ1n) is 7.41. The quantitative estimate of drug-likeness (QED) is 0.914. The van der Waals surface area contributed by atoms with Gasteiger partial charge < -0.3 is 14.8 Å². The van der Waals surface area contributed by atoms with Crippen molar-refractivity contribution in [3.8, 4) is 16.9 Å². The van der Waals surface area contributed by atoms with Gasteiger partial charge >= 0.3 is 0 Å². The molecule has 0 bridgehead atoms. The Labute approximate surface area is 125 Å². The molecule has 2 aromatic carbocycles. The zero-order valence-corrected chi connectivity index (χ0v) is 12.3. The average Bonchev–Trinajstić information content (AvgIpc) is 3.07. The highest BCUT2D eigenvalue weighted by molar-refractivity contribution is 5.67. The van der Waals surface area contributed by atoms with Crippen LogP contribution in [0.25, 0.3) is 11.1 Å². The Hall–Kier alpha value is -1.84. The third-order valence-corrected chi connectivity index (χ3v) is 3.91. The van der Waals surface area contributed by atoms with Crippen molar-refractivity contribution in [1.29, 1.82) is 0 Å². The van der Waals surface area contributed by atoms with E-state index in [2.05, 4.69) is 41.7 Å². The lowest BCUT2D eigenvalue weighted by Gasteiger charge is -2.14. The van der Waals surface area contributed by atoms with Gasteiger partial charge in [-0.1, -0.05) is 36.4 Å². The van der Waals surface area contributed by atoms with Gasteiger partial charge in [-0.15, -0.1) is 0 Å². The van der Waals surface area contributed by atoms with Gasteiger partial charge in [0.05, 0.1) is 19.8 Å². The van der Waals surface area contributed by atoms with Crippen LogP contribution in [0.4, 0.5) is 0 Å². The lowest BCUT2D eigenvalue weighted by atomic mass is 10.00. The van der Waals surface area contributed by atoms with Gasteiger partial charge in [0.1, 0.15) is 5.75 Å². The van der Waals surface area contributed by atoms with Gasteiger partial charge in [0.15, 0.2) is 0 Å². The first-order chi connectivity index (χ1) is 10.4. The molecule has 0 saturated carbocycles. The molecule has 3 nitrogen and oxygen atoms in total. The van der Waals surface area contributed by atoms with Crippen molar-refractivity contribution < 1.29 is 9.47 Å². The molecule has 1 fully saturated rings. The van der Waals surface area contributed by atoms with Crippen molar-refractivity contribution in [1.82, 2.24) is 5.32 Å². The van der Waals surface area contributed by atoms with E-state index in [-0.39, 0.29) is 0 Å². The molecule has 0 radical (unpaired) electrons. The van der Waals surface area contributed by atoms with Crippen LogP contribution in [0, 0.1) is 0 Å². The number of benzene rings is 2. The Morgan fingerprint density at radius 2 is 1.90 bits per heavy atom. The predicted molar refractivity (Wildman–Crippen MR) is 84.5 cm³/mol. The normalized spacial score (nSPS) is 17.9. The summed E-state index contributed by atoms with van der Waals surface area (Å²) >= 11 is 0. The van der Waals surface area contributed by atoms with Crippen molar-refractivity contribution in [3.63, 3.8) is 0 Å². The molecule has 0 amide bonds. The van der Waals surface area contributed by atoms with Gasteiger partial charge in [0.25, 0.3) is 0 Å². The van der Waals surface area contributed by atoms with Crippen molar-refractivity contribution in [2.24, 2.45) is 0 Å². The first kappa shape index (κ1) is 14.1. The van der Waals surface area contributed by atoms with Crippen molar-refractivity contribution in [2.75, 3.05) is 20.2 Å². The summed E-state index contributed by atoms with van der Waals surface area (Å²) in [6.07, 6.45) is 1.44. The van der Waals surface area contributed by atoms with Gasteiger partial charge in [-0.25, -0.2) is 0 Å². The van der Waals surface area contributed by atoms with Gasteiger partial charge in [-0.3, -0.25) is 0 Å². The number of rotatable bonds is 5. The Balaban J connectivity index is 1.77. The molecule has 1 aliphatic rings. The molecule has 1 saturated heterocycles. The summed E-state index contributed by atoms with van der Waals surface area (Å²) < 4.78 is 11.2. The van der Waals surface area contributed by atoms with Crippen LogP contribution in [0.15, 0.2) is 48.5 Å². The van der Waals surface area contributed by atoms with Crippen LogP contribution in [-0.4, -0.2) is 26.3 Å². The summed E-state index contributed by atoms with van der Waals surface area (Å²) in [5, 5.41) is 3.33. The highest BCUT2D eigenvalue weighted by Crippen LogP contribution is 2.26. The van der Waals surface area contributed by atoms with Crippen LogP contribution < -0.4 is 10.1 Å². The molecule has 3 rings (SSSR count). The minimum atomic E-state index is 0.342. The van der Waals surface area contributed by atoms with Gasteiger partial charge in [-0.05, 0) is 41.8 Å². The Morgan fingerprint density at radius 1 is 1.10 bits per heavy atom. The molecule has 1 heterocycles. The zero-order chi connectivity index (χ0) is 14.5. The Morgan fingerprint density at radius 3 is 2.62 bits per heavy atom. The molecule has 0 unspecified atom stereocenters. The third kappa shape index (κ3) is 3.43. The number of ether oxygens (including phenoxy) is 2. The summed E-state index contributed by atoms with van der Waals surface area (Å²) in [4.78, 5) is 0. The number of hydrogen-bond acceptors (Lipinski definition) is 3. The highest BCUT2D eigenvalue weighted by Gasteiger charge is 2.15. The van der Waals surface area contributed by atoms with E-state index < -0.39 is 0 Å². The second kappa shape index (κ2) is 6.74. The number of methoxy groups -OCH3 is 1. The molecular formula is C18H21NO2. The average molecular weight is 283 g/mol. The monoisotopic (exact) mass is 283 g/mol. The molecule has 110 valence electrons. The van der Waals surface area contributed by atoms with Gasteiger partial charge in [-0.2, -0.15) is 0 Å². The fraction of sp³-hybridized carbons (Fsp3) is 0.333. The standard InChI is InChI=1S/C18H21NO2/c1-20-16-8-6-14(7-9-16)18-5-3-2-4-15(18)13-21-17-10-11-19-12-17/h2-9,17,19H,10-13H2,1H3/t17-/m0/s1. The second-order valence-corrected chi connectivity index (χ2v) is 5.31.